The first-order chi connectivity index (χ1) is 13.3. The summed E-state index contributed by atoms with van der Waals surface area (Å²) in [5.41, 5.74) is 3.17. The SMILES string of the molecule is Cc1nn(-c2ccc(F)cc2)c(C)c1CC(=O)NC1CCN(CC(F)F)CC1. The summed E-state index contributed by atoms with van der Waals surface area (Å²) in [4.78, 5) is 14.2. The molecule has 28 heavy (non-hydrogen) atoms. The van der Waals surface area contributed by atoms with Gasteiger partial charge in [-0.15, -0.1) is 0 Å². The molecule has 2 aromatic rings. The van der Waals surface area contributed by atoms with Crippen LogP contribution in [0.5, 0.6) is 0 Å². The van der Waals surface area contributed by atoms with Crippen LogP contribution in [0.4, 0.5) is 13.2 Å². The third-order valence-electron chi connectivity index (χ3n) is 5.20. The second kappa shape index (κ2) is 8.77. The van der Waals surface area contributed by atoms with Crippen LogP contribution in [0.1, 0.15) is 29.8 Å². The number of carbonyl (C=O) groups is 1. The van der Waals surface area contributed by atoms with E-state index in [2.05, 4.69) is 10.4 Å². The fourth-order valence-corrected chi connectivity index (χ4v) is 3.66. The number of aromatic nitrogens is 2. The Morgan fingerprint density at radius 3 is 2.46 bits per heavy atom. The van der Waals surface area contributed by atoms with Crippen molar-refractivity contribution in [2.24, 2.45) is 0 Å². The number of halogens is 3. The third kappa shape index (κ3) is 4.92. The zero-order valence-electron chi connectivity index (χ0n) is 16.1. The highest BCUT2D eigenvalue weighted by Gasteiger charge is 2.23. The van der Waals surface area contributed by atoms with E-state index >= 15 is 0 Å². The number of alkyl halides is 2. The standard InChI is InChI=1S/C20H25F3N4O/c1-13-18(14(2)27(25-13)17-5-3-15(21)4-6-17)11-20(28)24-16-7-9-26(10-8-16)12-19(22)23/h3-6,16,19H,7-12H2,1-2H3,(H,24,28). The van der Waals surface area contributed by atoms with E-state index in [1.54, 1.807) is 21.7 Å². The fraction of sp³-hybridized carbons (Fsp3) is 0.500. The summed E-state index contributed by atoms with van der Waals surface area (Å²) < 4.78 is 39.8. The van der Waals surface area contributed by atoms with Crippen molar-refractivity contribution in [1.29, 1.82) is 0 Å². The molecule has 1 aromatic carbocycles. The van der Waals surface area contributed by atoms with E-state index < -0.39 is 6.43 Å². The molecule has 0 spiro atoms. The molecule has 1 amide bonds. The van der Waals surface area contributed by atoms with Gasteiger partial charge >= 0.3 is 0 Å². The molecule has 0 atom stereocenters. The van der Waals surface area contributed by atoms with Crippen LogP contribution >= 0.6 is 0 Å². The van der Waals surface area contributed by atoms with Gasteiger partial charge in [0.15, 0.2) is 0 Å². The summed E-state index contributed by atoms with van der Waals surface area (Å²) in [5, 5.41) is 7.50. The van der Waals surface area contributed by atoms with Crippen LogP contribution in [0, 0.1) is 19.7 Å². The monoisotopic (exact) mass is 394 g/mol. The van der Waals surface area contributed by atoms with Crippen molar-refractivity contribution in [3.63, 3.8) is 0 Å². The van der Waals surface area contributed by atoms with Gasteiger partial charge in [-0.05, 0) is 51.0 Å². The van der Waals surface area contributed by atoms with Crippen LogP contribution in [-0.4, -0.2) is 52.7 Å². The summed E-state index contributed by atoms with van der Waals surface area (Å²) >= 11 is 0. The van der Waals surface area contributed by atoms with Gasteiger partial charge in [0.25, 0.3) is 6.43 Å². The zero-order chi connectivity index (χ0) is 20.3. The van der Waals surface area contributed by atoms with Crippen molar-refractivity contribution >= 4 is 5.91 Å². The Labute approximate surface area is 162 Å². The summed E-state index contributed by atoms with van der Waals surface area (Å²) in [6, 6.07) is 6.04. The van der Waals surface area contributed by atoms with E-state index in [0.29, 0.717) is 25.9 Å². The van der Waals surface area contributed by atoms with Crippen molar-refractivity contribution in [2.75, 3.05) is 19.6 Å². The molecule has 0 unspecified atom stereocenters. The number of hydrogen-bond donors (Lipinski definition) is 1. The molecule has 1 aliphatic rings. The number of hydrogen-bond acceptors (Lipinski definition) is 3. The molecule has 0 saturated carbocycles. The van der Waals surface area contributed by atoms with Gasteiger partial charge in [0.1, 0.15) is 5.82 Å². The van der Waals surface area contributed by atoms with Gasteiger partial charge in [-0.3, -0.25) is 9.69 Å². The van der Waals surface area contributed by atoms with Crippen molar-refractivity contribution < 1.29 is 18.0 Å². The Bertz CT molecular complexity index is 812. The third-order valence-corrected chi connectivity index (χ3v) is 5.20. The van der Waals surface area contributed by atoms with Crippen LogP contribution < -0.4 is 5.32 Å². The smallest absolute Gasteiger partial charge is 0.251 e. The van der Waals surface area contributed by atoms with Crippen LogP contribution in [-0.2, 0) is 11.2 Å². The lowest BCUT2D eigenvalue weighted by Gasteiger charge is -2.32. The number of nitrogens with zero attached hydrogens (tertiary/aromatic N) is 3. The Kier molecular flexibility index (Phi) is 6.39. The minimum absolute atomic E-state index is 0.00850. The molecule has 2 heterocycles. The topological polar surface area (TPSA) is 50.2 Å². The Morgan fingerprint density at radius 1 is 1.21 bits per heavy atom. The summed E-state index contributed by atoms with van der Waals surface area (Å²) in [5.74, 6) is -0.415. The lowest BCUT2D eigenvalue weighted by atomic mass is 10.0. The quantitative estimate of drug-likeness (QED) is 0.820. The van der Waals surface area contributed by atoms with E-state index in [1.165, 1.54) is 12.1 Å². The maximum Gasteiger partial charge on any atom is 0.251 e. The summed E-state index contributed by atoms with van der Waals surface area (Å²) in [6.45, 7) is 4.65. The summed E-state index contributed by atoms with van der Waals surface area (Å²) in [7, 11) is 0. The number of nitrogens with one attached hydrogen (secondary N) is 1. The first-order valence-electron chi connectivity index (χ1n) is 9.44. The second-order valence-electron chi connectivity index (χ2n) is 7.25. The highest BCUT2D eigenvalue weighted by atomic mass is 19.3. The van der Waals surface area contributed by atoms with Gasteiger partial charge in [-0.2, -0.15) is 5.10 Å². The molecule has 1 aliphatic heterocycles. The predicted molar refractivity (Wildman–Crippen MR) is 100 cm³/mol. The van der Waals surface area contributed by atoms with Crippen LogP contribution in [0.2, 0.25) is 0 Å². The fourth-order valence-electron chi connectivity index (χ4n) is 3.66. The maximum atomic E-state index is 13.1. The number of likely N-dealkylation sites (tertiary alicyclic amines) is 1. The van der Waals surface area contributed by atoms with Gasteiger partial charge in [-0.1, -0.05) is 0 Å². The largest absolute Gasteiger partial charge is 0.353 e. The van der Waals surface area contributed by atoms with E-state index in [1.807, 2.05) is 13.8 Å². The van der Waals surface area contributed by atoms with Crippen LogP contribution in [0.3, 0.4) is 0 Å². The molecule has 1 saturated heterocycles. The average Bonchev–Trinajstić information content (AvgIpc) is 2.92. The molecule has 5 nitrogen and oxygen atoms in total. The van der Waals surface area contributed by atoms with Gasteiger partial charge < -0.3 is 5.32 Å². The summed E-state index contributed by atoms with van der Waals surface area (Å²) in [6.07, 6.45) is -0.776. The van der Waals surface area contributed by atoms with Gasteiger partial charge in [-0.25, -0.2) is 17.9 Å². The van der Waals surface area contributed by atoms with Crippen molar-refractivity contribution in [3.8, 4) is 5.69 Å². The first kappa shape index (κ1) is 20.4. The van der Waals surface area contributed by atoms with Crippen LogP contribution in [0.25, 0.3) is 5.69 Å². The predicted octanol–water partition coefficient (Wildman–Crippen LogP) is 3.02. The molecule has 0 aliphatic carbocycles. The van der Waals surface area contributed by atoms with Crippen LogP contribution in [0.15, 0.2) is 24.3 Å². The normalized spacial score (nSPS) is 15.9. The van der Waals surface area contributed by atoms with Gasteiger partial charge in [0.05, 0.1) is 24.3 Å². The Morgan fingerprint density at radius 2 is 1.86 bits per heavy atom. The lowest BCUT2D eigenvalue weighted by molar-refractivity contribution is -0.121. The minimum atomic E-state index is -2.32. The first-order valence-corrected chi connectivity index (χ1v) is 9.44. The maximum absolute atomic E-state index is 13.1. The molecular formula is C20H25F3N4O. The van der Waals surface area contributed by atoms with Crippen molar-refractivity contribution in [3.05, 3.63) is 47.0 Å². The number of amides is 1. The number of benzene rings is 1. The van der Waals surface area contributed by atoms with E-state index in [4.69, 9.17) is 0 Å². The molecular weight excluding hydrogens is 369 g/mol. The highest BCUT2D eigenvalue weighted by molar-refractivity contribution is 5.79. The van der Waals surface area contributed by atoms with E-state index in [9.17, 15) is 18.0 Å². The number of rotatable bonds is 6. The Balaban J connectivity index is 1.60. The number of piperidine rings is 1. The molecule has 8 heteroatoms. The molecule has 1 fully saturated rings. The Hall–Kier alpha value is -2.35. The van der Waals surface area contributed by atoms with Gasteiger partial charge in [0, 0.05) is 30.4 Å². The number of aryl methyl sites for hydroxylation is 1. The number of carbonyl (C=O) groups excluding carboxylic acids is 1. The molecule has 1 aromatic heterocycles. The molecule has 3 rings (SSSR count). The lowest BCUT2D eigenvalue weighted by Crippen LogP contribution is -2.46. The molecule has 152 valence electrons. The zero-order valence-corrected chi connectivity index (χ0v) is 16.1. The molecule has 0 bridgehead atoms. The van der Waals surface area contributed by atoms with Gasteiger partial charge in [0.2, 0.25) is 5.91 Å². The second-order valence-corrected chi connectivity index (χ2v) is 7.25. The molecule has 1 N–H and O–H groups in total. The van der Waals surface area contributed by atoms with E-state index in [-0.39, 0.29) is 30.7 Å². The average molecular weight is 394 g/mol. The van der Waals surface area contributed by atoms with Crippen molar-refractivity contribution in [2.45, 2.75) is 45.6 Å². The van der Waals surface area contributed by atoms with Crippen molar-refractivity contribution in [1.82, 2.24) is 20.0 Å². The highest BCUT2D eigenvalue weighted by Crippen LogP contribution is 2.19. The minimum Gasteiger partial charge on any atom is -0.353 e. The molecule has 0 radical (unpaired) electrons. The van der Waals surface area contributed by atoms with E-state index in [0.717, 1.165) is 22.6 Å².